The fourth-order valence-corrected chi connectivity index (χ4v) is 0.713. The van der Waals surface area contributed by atoms with Gasteiger partial charge in [0.25, 0.3) is 0 Å². The van der Waals surface area contributed by atoms with Gasteiger partial charge in [0.05, 0.1) is 0 Å². The Labute approximate surface area is 74.4 Å². The topological polar surface area (TPSA) is 38.3 Å². The van der Waals surface area contributed by atoms with Crippen LogP contribution in [0.4, 0.5) is 0 Å². The molecular formula is C9H19NO2. The summed E-state index contributed by atoms with van der Waals surface area (Å²) in [6, 6.07) is 0. The van der Waals surface area contributed by atoms with E-state index in [-0.39, 0.29) is 5.97 Å². The molecule has 0 heterocycles. The van der Waals surface area contributed by atoms with Crippen molar-refractivity contribution in [2.45, 2.75) is 40.0 Å². The first kappa shape index (κ1) is 11.4. The van der Waals surface area contributed by atoms with E-state index in [0.29, 0.717) is 12.3 Å². The van der Waals surface area contributed by atoms with Crippen molar-refractivity contribution in [2.75, 3.05) is 6.54 Å². The predicted molar refractivity (Wildman–Crippen MR) is 48.5 cm³/mol. The van der Waals surface area contributed by atoms with Gasteiger partial charge in [-0.2, -0.15) is 5.48 Å². The summed E-state index contributed by atoms with van der Waals surface area (Å²) in [5.41, 5.74) is 2.65. The van der Waals surface area contributed by atoms with Crippen LogP contribution in [0.1, 0.15) is 40.0 Å². The number of hydroxylamine groups is 1. The minimum atomic E-state index is -0.195. The molecule has 0 aliphatic carbocycles. The second kappa shape index (κ2) is 7.10. The van der Waals surface area contributed by atoms with Gasteiger partial charge in [-0.3, -0.25) is 4.79 Å². The molecule has 0 aromatic carbocycles. The zero-order valence-electron chi connectivity index (χ0n) is 8.22. The highest BCUT2D eigenvalue weighted by molar-refractivity contribution is 5.68. The molecule has 0 aromatic heterocycles. The Morgan fingerprint density at radius 2 is 2.17 bits per heavy atom. The minimum Gasteiger partial charge on any atom is -0.371 e. The molecule has 1 N–H and O–H groups in total. The molecular weight excluding hydrogens is 154 g/mol. The number of carbonyl (C=O) groups is 1. The van der Waals surface area contributed by atoms with E-state index in [9.17, 15) is 4.79 Å². The molecule has 0 aromatic rings. The van der Waals surface area contributed by atoms with Crippen LogP contribution < -0.4 is 5.48 Å². The van der Waals surface area contributed by atoms with E-state index in [1.807, 2.05) is 0 Å². The Bertz CT molecular complexity index is 126. The number of rotatable bonds is 6. The van der Waals surface area contributed by atoms with Gasteiger partial charge in [0, 0.05) is 13.0 Å². The second-order valence-electron chi connectivity index (χ2n) is 3.02. The van der Waals surface area contributed by atoms with Gasteiger partial charge in [-0.15, -0.1) is 0 Å². The highest BCUT2D eigenvalue weighted by atomic mass is 16.7. The number of carbonyl (C=O) groups excluding carboxylic acids is 1. The highest BCUT2D eigenvalue weighted by Gasteiger charge is 1.99. The summed E-state index contributed by atoms with van der Waals surface area (Å²) in [5, 5.41) is 0. The molecule has 1 unspecified atom stereocenters. The van der Waals surface area contributed by atoms with Crippen molar-refractivity contribution in [1.29, 1.82) is 0 Å². The van der Waals surface area contributed by atoms with Crippen LogP contribution in [0.3, 0.4) is 0 Å². The third kappa shape index (κ3) is 6.16. The molecule has 3 heteroatoms. The molecule has 1 atom stereocenters. The molecule has 0 aliphatic heterocycles. The summed E-state index contributed by atoms with van der Waals surface area (Å²) in [6.45, 7) is 6.87. The first-order valence-corrected chi connectivity index (χ1v) is 4.63. The fourth-order valence-electron chi connectivity index (χ4n) is 0.713. The van der Waals surface area contributed by atoms with Crippen molar-refractivity contribution in [3.8, 4) is 0 Å². The molecule has 3 nitrogen and oxygen atoms in total. The highest BCUT2D eigenvalue weighted by Crippen LogP contribution is 2.03. The largest absolute Gasteiger partial charge is 0.371 e. The van der Waals surface area contributed by atoms with Crippen molar-refractivity contribution in [3.05, 3.63) is 0 Å². The molecule has 0 saturated heterocycles. The van der Waals surface area contributed by atoms with Crippen LogP contribution in [0, 0.1) is 5.92 Å². The normalized spacial score (nSPS) is 12.6. The average Bonchev–Trinajstić information content (AvgIpc) is 2.11. The van der Waals surface area contributed by atoms with Crippen molar-refractivity contribution >= 4 is 5.97 Å². The van der Waals surface area contributed by atoms with Gasteiger partial charge in [0.1, 0.15) is 0 Å². The fraction of sp³-hybridized carbons (Fsp3) is 0.889. The minimum absolute atomic E-state index is 0.195. The van der Waals surface area contributed by atoms with E-state index < -0.39 is 0 Å². The van der Waals surface area contributed by atoms with Crippen LogP contribution >= 0.6 is 0 Å². The van der Waals surface area contributed by atoms with Crippen LogP contribution in [-0.4, -0.2) is 12.5 Å². The van der Waals surface area contributed by atoms with Crippen molar-refractivity contribution < 1.29 is 9.63 Å². The Balaban J connectivity index is 3.15. The van der Waals surface area contributed by atoms with Gasteiger partial charge in [-0.25, -0.2) is 0 Å². The number of nitrogens with one attached hydrogen (secondary N) is 1. The van der Waals surface area contributed by atoms with E-state index in [1.165, 1.54) is 6.42 Å². The third-order valence-corrected chi connectivity index (χ3v) is 1.91. The standard InChI is InChI=1S/C9H19NO2/c1-4-8(3)6-7-10-12-9(11)5-2/h8,10H,4-7H2,1-3H3. The van der Waals surface area contributed by atoms with Gasteiger partial charge < -0.3 is 4.84 Å². The Kier molecular flexibility index (Phi) is 6.76. The van der Waals surface area contributed by atoms with Gasteiger partial charge >= 0.3 is 5.97 Å². The summed E-state index contributed by atoms with van der Waals surface area (Å²) >= 11 is 0. The van der Waals surface area contributed by atoms with Gasteiger partial charge in [0.15, 0.2) is 0 Å². The van der Waals surface area contributed by atoms with Crippen LogP contribution in [0.25, 0.3) is 0 Å². The van der Waals surface area contributed by atoms with E-state index in [0.717, 1.165) is 13.0 Å². The molecule has 0 radical (unpaired) electrons. The van der Waals surface area contributed by atoms with Crippen molar-refractivity contribution in [2.24, 2.45) is 5.92 Å². The summed E-state index contributed by atoms with van der Waals surface area (Å²) in [4.78, 5) is 15.3. The SMILES string of the molecule is CCC(=O)ONCCC(C)CC. The Hall–Kier alpha value is -0.570. The van der Waals surface area contributed by atoms with E-state index in [1.54, 1.807) is 6.92 Å². The molecule has 12 heavy (non-hydrogen) atoms. The summed E-state index contributed by atoms with van der Waals surface area (Å²) < 4.78 is 0. The maximum atomic E-state index is 10.6. The lowest BCUT2D eigenvalue weighted by molar-refractivity contribution is -0.150. The monoisotopic (exact) mass is 173 g/mol. The molecule has 0 amide bonds. The third-order valence-electron chi connectivity index (χ3n) is 1.91. The zero-order chi connectivity index (χ0) is 9.40. The van der Waals surface area contributed by atoms with Gasteiger partial charge in [-0.05, 0) is 12.3 Å². The maximum Gasteiger partial charge on any atom is 0.324 e. The van der Waals surface area contributed by atoms with Crippen LogP contribution in [0.2, 0.25) is 0 Å². The summed E-state index contributed by atoms with van der Waals surface area (Å²) in [7, 11) is 0. The van der Waals surface area contributed by atoms with Crippen molar-refractivity contribution in [3.63, 3.8) is 0 Å². The smallest absolute Gasteiger partial charge is 0.324 e. The van der Waals surface area contributed by atoms with Crippen LogP contribution in [0.15, 0.2) is 0 Å². The lowest BCUT2D eigenvalue weighted by Crippen LogP contribution is -2.21. The second-order valence-corrected chi connectivity index (χ2v) is 3.02. The predicted octanol–water partition coefficient (Wildman–Crippen LogP) is 1.88. The Morgan fingerprint density at radius 1 is 1.50 bits per heavy atom. The van der Waals surface area contributed by atoms with Crippen LogP contribution in [-0.2, 0) is 9.63 Å². The molecule has 0 spiro atoms. The van der Waals surface area contributed by atoms with E-state index in [2.05, 4.69) is 19.3 Å². The molecule has 0 fully saturated rings. The van der Waals surface area contributed by atoms with Crippen LogP contribution in [0.5, 0.6) is 0 Å². The van der Waals surface area contributed by atoms with Gasteiger partial charge in [-0.1, -0.05) is 27.2 Å². The van der Waals surface area contributed by atoms with E-state index in [4.69, 9.17) is 4.84 Å². The lowest BCUT2D eigenvalue weighted by Gasteiger charge is -2.08. The maximum absolute atomic E-state index is 10.6. The molecule has 72 valence electrons. The lowest BCUT2D eigenvalue weighted by atomic mass is 10.1. The summed E-state index contributed by atoms with van der Waals surface area (Å²) in [5.74, 6) is 0.497. The van der Waals surface area contributed by atoms with E-state index >= 15 is 0 Å². The zero-order valence-corrected chi connectivity index (χ0v) is 8.22. The number of hydrogen-bond acceptors (Lipinski definition) is 3. The Morgan fingerprint density at radius 3 is 2.67 bits per heavy atom. The first-order valence-electron chi connectivity index (χ1n) is 4.63. The average molecular weight is 173 g/mol. The first-order chi connectivity index (χ1) is 5.70. The summed E-state index contributed by atoms with van der Waals surface area (Å²) in [6.07, 6.45) is 2.65. The van der Waals surface area contributed by atoms with Crippen molar-refractivity contribution in [1.82, 2.24) is 5.48 Å². The quantitative estimate of drug-likeness (QED) is 0.492. The molecule has 0 bridgehead atoms. The molecule has 0 aliphatic rings. The number of hydrogen-bond donors (Lipinski definition) is 1. The van der Waals surface area contributed by atoms with Gasteiger partial charge in [0.2, 0.25) is 0 Å². The molecule has 0 saturated carbocycles. The molecule has 0 rings (SSSR count).